The van der Waals surface area contributed by atoms with Gasteiger partial charge in [-0.1, -0.05) is 41.4 Å². The van der Waals surface area contributed by atoms with E-state index in [1.165, 1.54) is 31.4 Å². The molecule has 8 heteroatoms. The van der Waals surface area contributed by atoms with Crippen LogP contribution in [0.1, 0.15) is 15.9 Å². The van der Waals surface area contributed by atoms with Crippen LogP contribution in [0, 0.1) is 5.82 Å². The topological polar surface area (TPSA) is 55.4 Å². The molecular weight excluding hydrogens is 436 g/mol. The molecule has 0 spiro atoms. The lowest BCUT2D eigenvalue weighted by Gasteiger charge is -2.07. The van der Waals surface area contributed by atoms with E-state index in [1.807, 2.05) is 0 Å². The lowest BCUT2D eigenvalue weighted by Crippen LogP contribution is -2.11. The molecule has 3 aromatic rings. The number of carbonyl (C=O) groups excluding carboxylic acids is 2. The normalized spacial score (nSPS) is 10.9. The smallest absolute Gasteiger partial charge is 0.341 e. The van der Waals surface area contributed by atoms with Crippen LogP contribution in [-0.2, 0) is 9.53 Å². The van der Waals surface area contributed by atoms with E-state index in [4.69, 9.17) is 27.9 Å². The molecule has 4 nitrogen and oxygen atoms in total. The summed E-state index contributed by atoms with van der Waals surface area (Å²) in [6.07, 6.45) is 2.76. The Morgan fingerprint density at radius 3 is 2.38 bits per heavy atom. The number of halogens is 3. The number of amides is 1. The quantitative estimate of drug-likeness (QED) is 0.367. The number of ether oxygens (including phenoxy) is 1. The average Bonchev–Trinajstić information content (AvgIpc) is 3.11. The molecule has 1 N–H and O–H groups in total. The molecule has 148 valence electrons. The van der Waals surface area contributed by atoms with Crippen molar-refractivity contribution >= 4 is 57.5 Å². The first-order chi connectivity index (χ1) is 13.9. The Morgan fingerprint density at radius 1 is 1.10 bits per heavy atom. The summed E-state index contributed by atoms with van der Waals surface area (Å²) in [5.74, 6) is -1.47. The fraction of sp³-hybridized carbons (Fsp3) is 0.0476. The second-order valence-corrected chi connectivity index (χ2v) is 7.50. The molecule has 0 fully saturated rings. The number of carbonyl (C=O) groups is 2. The Bertz CT molecular complexity index is 1070. The molecule has 0 unspecified atom stereocenters. The fourth-order valence-corrected chi connectivity index (χ4v) is 4.06. The van der Waals surface area contributed by atoms with Crippen LogP contribution in [0.5, 0.6) is 0 Å². The zero-order valence-electron chi connectivity index (χ0n) is 15.0. The number of benzene rings is 2. The molecule has 29 heavy (non-hydrogen) atoms. The van der Waals surface area contributed by atoms with Gasteiger partial charge in [0.05, 0.1) is 7.11 Å². The molecule has 0 radical (unpaired) electrons. The van der Waals surface area contributed by atoms with Crippen molar-refractivity contribution in [3.63, 3.8) is 0 Å². The lowest BCUT2D eigenvalue weighted by molar-refractivity contribution is -0.111. The Hall–Kier alpha value is -2.67. The van der Waals surface area contributed by atoms with Crippen LogP contribution in [0.25, 0.3) is 17.2 Å². The van der Waals surface area contributed by atoms with Gasteiger partial charge < -0.3 is 10.1 Å². The lowest BCUT2D eigenvalue weighted by atomic mass is 10.0. The molecule has 0 aliphatic rings. The predicted octanol–water partition coefficient (Wildman–Crippen LogP) is 6.30. The molecule has 1 aromatic heterocycles. The molecule has 1 heterocycles. The highest BCUT2D eigenvalue weighted by Gasteiger charge is 2.22. The summed E-state index contributed by atoms with van der Waals surface area (Å²) in [6.45, 7) is 0. The maximum absolute atomic E-state index is 13.2. The highest BCUT2D eigenvalue weighted by Crippen LogP contribution is 2.36. The first-order valence-corrected chi connectivity index (χ1v) is 9.93. The number of methoxy groups -OCH3 is 1. The van der Waals surface area contributed by atoms with E-state index in [0.29, 0.717) is 31.7 Å². The van der Waals surface area contributed by atoms with Crippen molar-refractivity contribution in [2.75, 3.05) is 12.4 Å². The second-order valence-electron chi connectivity index (χ2n) is 5.81. The van der Waals surface area contributed by atoms with E-state index in [9.17, 15) is 14.0 Å². The second kappa shape index (κ2) is 9.22. The van der Waals surface area contributed by atoms with Crippen LogP contribution in [0.15, 0.2) is 53.9 Å². The summed E-state index contributed by atoms with van der Waals surface area (Å²) in [6, 6.07) is 10.7. The Morgan fingerprint density at radius 2 is 1.76 bits per heavy atom. The van der Waals surface area contributed by atoms with Crippen molar-refractivity contribution in [2.24, 2.45) is 0 Å². The molecule has 0 aliphatic carbocycles. The standard InChI is InChI=1S/C21H14Cl2FNO3S/c1-28-21(27)19-15(12-5-7-13(24)8-6-12)11-29-20(19)25-18(26)10-9-14-16(22)3-2-4-17(14)23/h2-11H,1H3,(H,25,26)/b10-9+. The fourth-order valence-electron chi connectivity index (χ4n) is 2.58. The van der Waals surface area contributed by atoms with Gasteiger partial charge in [-0.2, -0.15) is 0 Å². The highest BCUT2D eigenvalue weighted by atomic mass is 35.5. The van der Waals surface area contributed by atoms with Crippen LogP contribution in [0.4, 0.5) is 9.39 Å². The van der Waals surface area contributed by atoms with E-state index >= 15 is 0 Å². The van der Waals surface area contributed by atoms with E-state index in [0.717, 1.165) is 11.3 Å². The summed E-state index contributed by atoms with van der Waals surface area (Å²) in [4.78, 5) is 24.7. The van der Waals surface area contributed by atoms with Gasteiger partial charge in [-0.15, -0.1) is 11.3 Å². The van der Waals surface area contributed by atoms with Crippen LogP contribution in [-0.4, -0.2) is 19.0 Å². The number of hydrogen-bond acceptors (Lipinski definition) is 4. The summed E-state index contributed by atoms with van der Waals surface area (Å²) >= 11 is 13.3. The van der Waals surface area contributed by atoms with Gasteiger partial charge in [0.1, 0.15) is 16.4 Å². The zero-order valence-corrected chi connectivity index (χ0v) is 17.4. The SMILES string of the molecule is COC(=O)c1c(-c2ccc(F)cc2)csc1NC(=O)/C=C/c1c(Cl)cccc1Cl. The maximum Gasteiger partial charge on any atom is 0.341 e. The van der Waals surface area contributed by atoms with Crippen molar-refractivity contribution in [1.29, 1.82) is 0 Å². The van der Waals surface area contributed by atoms with Crippen molar-refractivity contribution in [3.05, 3.63) is 80.9 Å². The summed E-state index contributed by atoms with van der Waals surface area (Å²) < 4.78 is 18.1. The minimum atomic E-state index is -0.612. The van der Waals surface area contributed by atoms with Gasteiger partial charge >= 0.3 is 5.97 Å². The minimum absolute atomic E-state index is 0.196. The maximum atomic E-state index is 13.2. The van der Waals surface area contributed by atoms with Crippen molar-refractivity contribution < 1.29 is 18.7 Å². The molecule has 0 bridgehead atoms. The number of thiophene rings is 1. The molecule has 0 saturated carbocycles. The van der Waals surface area contributed by atoms with Crippen molar-refractivity contribution in [3.8, 4) is 11.1 Å². The van der Waals surface area contributed by atoms with Gasteiger partial charge in [0, 0.05) is 32.6 Å². The Labute approximate surface area is 180 Å². The average molecular weight is 450 g/mol. The first kappa shape index (κ1) is 21.0. The van der Waals surface area contributed by atoms with Crippen LogP contribution in [0.3, 0.4) is 0 Å². The Balaban J connectivity index is 1.89. The highest BCUT2D eigenvalue weighted by molar-refractivity contribution is 7.15. The van der Waals surface area contributed by atoms with Crippen molar-refractivity contribution in [2.45, 2.75) is 0 Å². The monoisotopic (exact) mass is 449 g/mol. The summed E-state index contributed by atoms with van der Waals surface area (Å²) in [5.41, 5.74) is 1.87. The molecule has 0 aliphatic heterocycles. The third-order valence-electron chi connectivity index (χ3n) is 3.97. The van der Waals surface area contributed by atoms with Crippen LogP contribution in [0.2, 0.25) is 10.0 Å². The molecule has 3 rings (SSSR count). The minimum Gasteiger partial charge on any atom is -0.465 e. The number of hydrogen-bond donors (Lipinski definition) is 1. The Kier molecular flexibility index (Phi) is 6.69. The van der Waals surface area contributed by atoms with Gasteiger partial charge in [0.2, 0.25) is 5.91 Å². The first-order valence-electron chi connectivity index (χ1n) is 8.29. The number of esters is 1. The van der Waals surface area contributed by atoms with Gasteiger partial charge in [0.25, 0.3) is 0 Å². The van der Waals surface area contributed by atoms with E-state index in [2.05, 4.69) is 5.32 Å². The van der Waals surface area contributed by atoms with Gasteiger partial charge in [0.15, 0.2) is 0 Å². The molecule has 1 amide bonds. The van der Waals surface area contributed by atoms with Crippen LogP contribution < -0.4 is 5.32 Å². The van der Waals surface area contributed by atoms with Crippen molar-refractivity contribution in [1.82, 2.24) is 0 Å². The van der Waals surface area contributed by atoms with E-state index in [-0.39, 0.29) is 11.4 Å². The van der Waals surface area contributed by atoms with E-state index in [1.54, 1.807) is 35.7 Å². The zero-order chi connectivity index (χ0) is 21.0. The summed E-state index contributed by atoms with van der Waals surface area (Å²) in [7, 11) is 1.25. The molecule has 2 aromatic carbocycles. The third kappa shape index (κ3) is 4.85. The molecular formula is C21H14Cl2FNO3S. The largest absolute Gasteiger partial charge is 0.465 e. The number of nitrogens with one attached hydrogen (secondary N) is 1. The summed E-state index contributed by atoms with van der Waals surface area (Å²) in [5, 5.41) is 5.50. The molecule has 0 saturated heterocycles. The predicted molar refractivity (Wildman–Crippen MR) is 115 cm³/mol. The molecule has 0 atom stereocenters. The van der Waals surface area contributed by atoms with E-state index < -0.39 is 11.9 Å². The van der Waals surface area contributed by atoms with Gasteiger partial charge in [-0.05, 0) is 35.9 Å². The van der Waals surface area contributed by atoms with Gasteiger partial charge in [-0.3, -0.25) is 4.79 Å². The van der Waals surface area contributed by atoms with Crippen LogP contribution >= 0.6 is 34.5 Å². The number of rotatable bonds is 5. The third-order valence-corrected chi connectivity index (χ3v) is 5.53. The van der Waals surface area contributed by atoms with Gasteiger partial charge in [-0.25, -0.2) is 9.18 Å². The number of anilines is 1.